The summed E-state index contributed by atoms with van der Waals surface area (Å²) in [5, 5.41) is 0. The van der Waals surface area contributed by atoms with Gasteiger partial charge in [-0.2, -0.15) is 12.8 Å². The minimum atomic E-state index is -4.24. The van der Waals surface area contributed by atoms with Crippen molar-refractivity contribution in [1.29, 1.82) is 0 Å². The molecule has 0 saturated heterocycles. The Morgan fingerprint density at radius 2 is 1.48 bits per heavy atom. The van der Waals surface area contributed by atoms with Crippen molar-refractivity contribution in [3.63, 3.8) is 0 Å². The maximum atomic E-state index is 12.9. The molecule has 0 atom stereocenters. The fourth-order valence-corrected chi connectivity index (χ4v) is 3.89. The Morgan fingerprint density at radius 3 is 2.06 bits per heavy atom. The molecule has 3 aromatic rings. The highest BCUT2D eigenvalue weighted by Crippen LogP contribution is 2.39. The number of methoxy groups -OCH3 is 2. The first kappa shape index (κ1) is 22.1. The lowest BCUT2D eigenvalue weighted by atomic mass is 10.1. The summed E-state index contributed by atoms with van der Waals surface area (Å²) in [4.78, 5) is 12.8. The van der Waals surface area contributed by atoms with Crippen molar-refractivity contribution in [3.05, 3.63) is 83.9 Å². The fourth-order valence-electron chi connectivity index (χ4n) is 2.84. The van der Waals surface area contributed by atoms with Crippen molar-refractivity contribution >= 4 is 15.9 Å². The van der Waals surface area contributed by atoms with Gasteiger partial charge in [0, 0.05) is 5.56 Å². The molecule has 0 heterocycles. The van der Waals surface area contributed by atoms with E-state index in [9.17, 15) is 13.2 Å². The van der Waals surface area contributed by atoms with Crippen LogP contribution in [0.5, 0.6) is 17.2 Å². The van der Waals surface area contributed by atoms with Gasteiger partial charge in [-0.25, -0.2) is 5.84 Å². The van der Waals surface area contributed by atoms with Crippen molar-refractivity contribution in [3.8, 4) is 17.2 Å². The molecule has 0 bridgehead atoms. The first-order valence-corrected chi connectivity index (χ1v) is 10.6. The van der Waals surface area contributed by atoms with E-state index >= 15 is 0 Å². The van der Waals surface area contributed by atoms with E-state index < -0.39 is 15.9 Å². The molecule has 162 valence electrons. The second-order valence-electron chi connectivity index (χ2n) is 6.40. The molecule has 0 saturated carbocycles. The van der Waals surface area contributed by atoms with Gasteiger partial charge in [0.2, 0.25) is 5.75 Å². The summed E-state index contributed by atoms with van der Waals surface area (Å²) in [6, 6.07) is 19.5. The van der Waals surface area contributed by atoms with Crippen LogP contribution in [0.3, 0.4) is 0 Å². The number of benzene rings is 3. The van der Waals surface area contributed by atoms with E-state index in [1.165, 1.54) is 50.6 Å². The second kappa shape index (κ2) is 9.50. The largest absolute Gasteiger partial charge is 0.493 e. The van der Waals surface area contributed by atoms with Crippen molar-refractivity contribution in [2.45, 2.75) is 11.5 Å². The molecular formula is C22H22N2O6S. The van der Waals surface area contributed by atoms with Crippen molar-refractivity contribution in [2.24, 2.45) is 5.84 Å². The highest BCUT2D eigenvalue weighted by molar-refractivity contribution is 7.89. The summed E-state index contributed by atoms with van der Waals surface area (Å²) in [6.45, 7) is 0.201. The highest BCUT2D eigenvalue weighted by Gasteiger charge is 2.29. The zero-order chi connectivity index (χ0) is 22.4. The molecule has 0 fully saturated rings. The van der Waals surface area contributed by atoms with Crippen LogP contribution < -0.4 is 20.1 Å². The lowest BCUT2D eigenvalue weighted by molar-refractivity contribution is 0.0860. The van der Waals surface area contributed by atoms with E-state index in [1.54, 1.807) is 6.07 Å². The Hall–Kier alpha value is -3.56. The van der Waals surface area contributed by atoms with Crippen LogP contribution in [0.2, 0.25) is 0 Å². The SMILES string of the molecule is COc1cc(C(=O)N(N)S(=O)(=O)c2ccccc2)cc(OCc2ccccc2)c1OC. The summed E-state index contributed by atoms with van der Waals surface area (Å²) < 4.78 is 42.1. The number of ether oxygens (including phenoxy) is 3. The van der Waals surface area contributed by atoms with E-state index in [4.69, 9.17) is 20.1 Å². The van der Waals surface area contributed by atoms with Gasteiger partial charge in [-0.05, 0) is 29.8 Å². The summed E-state index contributed by atoms with van der Waals surface area (Å²) in [5.41, 5.74) is 0.857. The quantitative estimate of drug-likeness (QED) is 0.325. The molecule has 0 aliphatic carbocycles. The number of hydrazine groups is 1. The fraction of sp³-hybridized carbons (Fsp3) is 0.136. The molecule has 1 amide bonds. The van der Waals surface area contributed by atoms with Crippen LogP contribution in [-0.4, -0.2) is 33.0 Å². The predicted octanol–water partition coefficient (Wildman–Crippen LogP) is 2.99. The van der Waals surface area contributed by atoms with Crippen molar-refractivity contribution in [2.75, 3.05) is 14.2 Å². The minimum Gasteiger partial charge on any atom is -0.493 e. The van der Waals surface area contributed by atoms with Crippen LogP contribution in [0.25, 0.3) is 0 Å². The number of amides is 1. The van der Waals surface area contributed by atoms with E-state index in [2.05, 4.69) is 0 Å². The van der Waals surface area contributed by atoms with Gasteiger partial charge in [0.05, 0.1) is 19.1 Å². The molecule has 0 unspecified atom stereocenters. The maximum absolute atomic E-state index is 12.9. The third-order valence-electron chi connectivity index (χ3n) is 4.43. The number of carbonyl (C=O) groups is 1. The molecule has 8 nitrogen and oxygen atoms in total. The molecule has 0 aliphatic heterocycles. The summed E-state index contributed by atoms with van der Waals surface area (Å²) in [6.07, 6.45) is 0. The molecule has 2 N–H and O–H groups in total. The smallest absolute Gasteiger partial charge is 0.282 e. The second-order valence-corrected chi connectivity index (χ2v) is 8.22. The Kier molecular flexibility index (Phi) is 6.78. The van der Waals surface area contributed by atoms with Crippen LogP contribution in [0.1, 0.15) is 15.9 Å². The number of carbonyl (C=O) groups excluding carboxylic acids is 1. The predicted molar refractivity (Wildman–Crippen MR) is 114 cm³/mol. The van der Waals surface area contributed by atoms with E-state index in [1.807, 2.05) is 30.3 Å². The topological polar surface area (TPSA) is 108 Å². The van der Waals surface area contributed by atoms with Gasteiger partial charge in [-0.1, -0.05) is 48.5 Å². The number of sulfonamides is 1. The van der Waals surface area contributed by atoms with Gasteiger partial charge < -0.3 is 14.2 Å². The van der Waals surface area contributed by atoms with Crippen LogP contribution in [0.4, 0.5) is 0 Å². The Bertz CT molecular complexity index is 1150. The third kappa shape index (κ3) is 4.79. The zero-order valence-electron chi connectivity index (χ0n) is 17.0. The van der Waals surface area contributed by atoms with Gasteiger partial charge in [-0.15, -0.1) is 0 Å². The zero-order valence-corrected chi connectivity index (χ0v) is 17.8. The average Bonchev–Trinajstić information content (AvgIpc) is 2.82. The number of nitrogens with two attached hydrogens (primary N) is 1. The molecule has 9 heteroatoms. The number of rotatable bonds is 8. The van der Waals surface area contributed by atoms with Crippen LogP contribution >= 0.6 is 0 Å². The maximum Gasteiger partial charge on any atom is 0.282 e. The summed E-state index contributed by atoms with van der Waals surface area (Å²) >= 11 is 0. The summed E-state index contributed by atoms with van der Waals surface area (Å²) in [7, 11) is -1.41. The third-order valence-corrected chi connectivity index (χ3v) is 5.98. The van der Waals surface area contributed by atoms with Crippen LogP contribution in [0, 0.1) is 0 Å². The van der Waals surface area contributed by atoms with Crippen molar-refractivity contribution in [1.82, 2.24) is 4.41 Å². The van der Waals surface area contributed by atoms with Crippen LogP contribution in [0.15, 0.2) is 77.7 Å². The molecular weight excluding hydrogens is 420 g/mol. The molecule has 0 aromatic heterocycles. The normalized spacial score (nSPS) is 10.9. The standard InChI is InChI=1S/C22H22N2O6S/c1-28-19-13-17(22(25)24(23)31(26,27)18-11-7-4-8-12-18)14-20(21(19)29-2)30-15-16-9-5-3-6-10-16/h3-14H,15,23H2,1-2H3. The van der Waals surface area contributed by atoms with Gasteiger partial charge in [-0.3, -0.25) is 4.79 Å². The van der Waals surface area contributed by atoms with Gasteiger partial charge in [0.15, 0.2) is 11.5 Å². The van der Waals surface area contributed by atoms with Crippen molar-refractivity contribution < 1.29 is 27.4 Å². The number of hydrogen-bond donors (Lipinski definition) is 1. The lowest BCUT2D eigenvalue weighted by Crippen LogP contribution is -2.42. The van der Waals surface area contributed by atoms with E-state index in [-0.39, 0.29) is 38.7 Å². The highest BCUT2D eigenvalue weighted by atomic mass is 32.2. The number of hydrogen-bond acceptors (Lipinski definition) is 7. The Balaban J connectivity index is 1.95. The number of nitrogens with zero attached hydrogens (tertiary/aromatic N) is 1. The monoisotopic (exact) mass is 442 g/mol. The molecule has 3 rings (SSSR count). The molecule has 0 spiro atoms. The molecule has 3 aromatic carbocycles. The van der Waals surface area contributed by atoms with E-state index in [0.29, 0.717) is 0 Å². The Morgan fingerprint density at radius 1 is 0.903 bits per heavy atom. The van der Waals surface area contributed by atoms with Gasteiger partial charge in [0.25, 0.3) is 15.9 Å². The molecule has 31 heavy (non-hydrogen) atoms. The Labute approximate surface area is 180 Å². The lowest BCUT2D eigenvalue weighted by Gasteiger charge is -2.19. The van der Waals surface area contributed by atoms with E-state index in [0.717, 1.165) is 5.56 Å². The first-order valence-electron chi connectivity index (χ1n) is 9.20. The van der Waals surface area contributed by atoms with Gasteiger partial charge in [0.1, 0.15) is 6.61 Å². The molecule has 0 aliphatic rings. The van der Waals surface area contributed by atoms with Gasteiger partial charge >= 0.3 is 0 Å². The molecule has 0 radical (unpaired) electrons. The summed E-state index contributed by atoms with van der Waals surface area (Å²) in [5.74, 6) is 5.44. The average molecular weight is 442 g/mol. The van der Waals surface area contributed by atoms with Crippen LogP contribution in [-0.2, 0) is 16.6 Å². The first-order chi connectivity index (χ1) is 14.9. The minimum absolute atomic E-state index is 0.0392.